The van der Waals surface area contributed by atoms with Gasteiger partial charge in [-0.1, -0.05) is 30.3 Å². The van der Waals surface area contributed by atoms with Gasteiger partial charge in [-0.05, 0) is 41.3 Å². The number of carbonyl (C=O) groups is 1. The zero-order valence-electron chi connectivity index (χ0n) is 14.9. The number of hydrogen-bond donors (Lipinski definition) is 0. The van der Waals surface area contributed by atoms with E-state index < -0.39 is 0 Å². The van der Waals surface area contributed by atoms with Crippen LogP contribution in [0.2, 0.25) is 0 Å². The molecule has 5 nitrogen and oxygen atoms in total. The number of nitrogens with zero attached hydrogens (tertiary/aromatic N) is 4. The van der Waals surface area contributed by atoms with Crippen LogP contribution in [0.4, 0.5) is 0 Å². The van der Waals surface area contributed by atoms with Gasteiger partial charge in [0, 0.05) is 24.4 Å². The van der Waals surface area contributed by atoms with Crippen molar-refractivity contribution in [2.24, 2.45) is 5.10 Å². The van der Waals surface area contributed by atoms with Crippen molar-refractivity contribution in [3.63, 3.8) is 0 Å². The van der Waals surface area contributed by atoms with Gasteiger partial charge in [-0.3, -0.25) is 14.8 Å². The number of hydrogen-bond acceptors (Lipinski definition) is 5. The van der Waals surface area contributed by atoms with Crippen LogP contribution in [0.3, 0.4) is 0 Å². The number of thiophene rings is 1. The van der Waals surface area contributed by atoms with E-state index >= 15 is 0 Å². The van der Waals surface area contributed by atoms with Gasteiger partial charge in [0.05, 0.1) is 27.7 Å². The Labute approximate surface area is 166 Å². The molecule has 1 atom stereocenters. The molecule has 0 bridgehead atoms. The number of hydrazone groups is 1. The van der Waals surface area contributed by atoms with Crippen molar-refractivity contribution in [3.8, 4) is 0 Å². The summed E-state index contributed by atoms with van der Waals surface area (Å²) in [6.07, 6.45) is 4.03. The van der Waals surface area contributed by atoms with Gasteiger partial charge < -0.3 is 0 Å². The van der Waals surface area contributed by atoms with E-state index in [0.717, 1.165) is 27.2 Å². The second-order valence-corrected chi connectivity index (χ2v) is 7.51. The first-order chi connectivity index (χ1) is 13.8. The minimum Gasteiger partial charge on any atom is -0.267 e. The normalized spacial score (nSPS) is 16.4. The molecule has 0 saturated heterocycles. The van der Waals surface area contributed by atoms with Gasteiger partial charge in [-0.25, -0.2) is 5.01 Å². The van der Waals surface area contributed by atoms with Gasteiger partial charge in [-0.15, -0.1) is 11.3 Å². The van der Waals surface area contributed by atoms with E-state index in [-0.39, 0.29) is 11.9 Å². The average molecular weight is 384 g/mol. The maximum atomic E-state index is 13.2. The lowest BCUT2D eigenvalue weighted by atomic mass is 10.00. The maximum Gasteiger partial charge on any atom is 0.274 e. The molecule has 1 aliphatic heterocycles. The Bertz CT molecular complexity index is 1170. The summed E-state index contributed by atoms with van der Waals surface area (Å²) in [4.78, 5) is 23.0. The zero-order chi connectivity index (χ0) is 18.9. The van der Waals surface area contributed by atoms with Crippen LogP contribution in [0.15, 0.2) is 83.5 Å². The summed E-state index contributed by atoms with van der Waals surface area (Å²) < 4.78 is 0. The molecule has 4 aromatic rings. The molecule has 6 heteroatoms. The molecule has 0 spiro atoms. The number of aromatic nitrogens is 2. The summed E-state index contributed by atoms with van der Waals surface area (Å²) in [6, 6.07) is 19.1. The molecule has 136 valence electrons. The number of rotatable bonds is 3. The summed E-state index contributed by atoms with van der Waals surface area (Å²) in [7, 11) is 0. The van der Waals surface area contributed by atoms with Crippen LogP contribution in [-0.2, 0) is 0 Å². The molecule has 1 amide bonds. The molecule has 0 aliphatic carbocycles. The SMILES string of the molecule is O=C(c1ccccc1)N1N=C(c2cccs2)CC1c1ccc2nccnc2c1. The summed E-state index contributed by atoms with van der Waals surface area (Å²) in [5.41, 5.74) is 4.22. The average Bonchev–Trinajstić information content (AvgIpc) is 3.43. The van der Waals surface area contributed by atoms with Crippen LogP contribution in [0.1, 0.15) is 33.3 Å². The van der Waals surface area contributed by atoms with Crippen molar-refractivity contribution in [3.05, 3.63) is 94.4 Å². The van der Waals surface area contributed by atoms with E-state index in [1.54, 1.807) is 28.7 Å². The summed E-state index contributed by atoms with van der Waals surface area (Å²) in [6.45, 7) is 0. The zero-order valence-corrected chi connectivity index (χ0v) is 15.7. The lowest BCUT2D eigenvalue weighted by molar-refractivity contribution is 0.0711. The largest absolute Gasteiger partial charge is 0.274 e. The number of carbonyl (C=O) groups excluding carboxylic acids is 1. The second-order valence-electron chi connectivity index (χ2n) is 6.56. The van der Waals surface area contributed by atoms with E-state index in [1.165, 1.54) is 0 Å². The molecular formula is C22H16N4OS. The molecule has 3 heterocycles. The first-order valence-electron chi connectivity index (χ1n) is 9.00. The lowest BCUT2D eigenvalue weighted by Crippen LogP contribution is -2.27. The van der Waals surface area contributed by atoms with E-state index in [9.17, 15) is 4.79 Å². The summed E-state index contributed by atoms with van der Waals surface area (Å²) >= 11 is 1.64. The highest BCUT2D eigenvalue weighted by molar-refractivity contribution is 7.12. The van der Waals surface area contributed by atoms with Crippen LogP contribution in [0, 0.1) is 0 Å². The molecule has 28 heavy (non-hydrogen) atoms. The third kappa shape index (κ3) is 2.97. The van der Waals surface area contributed by atoms with Crippen molar-refractivity contribution >= 4 is 34.0 Å². The van der Waals surface area contributed by atoms with Gasteiger partial charge in [-0.2, -0.15) is 5.10 Å². The fourth-order valence-electron chi connectivity index (χ4n) is 3.45. The highest BCUT2D eigenvalue weighted by atomic mass is 32.1. The molecule has 0 radical (unpaired) electrons. The fraction of sp³-hybridized carbons (Fsp3) is 0.0909. The van der Waals surface area contributed by atoms with Gasteiger partial charge in [0.15, 0.2) is 0 Å². The summed E-state index contributed by atoms with van der Waals surface area (Å²) in [5.74, 6) is -0.101. The molecule has 0 fully saturated rings. The van der Waals surface area contributed by atoms with Gasteiger partial charge >= 0.3 is 0 Å². The lowest BCUT2D eigenvalue weighted by Gasteiger charge is -2.22. The van der Waals surface area contributed by atoms with Crippen LogP contribution < -0.4 is 0 Å². The highest BCUT2D eigenvalue weighted by Gasteiger charge is 2.34. The Hall–Kier alpha value is -3.38. The Morgan fingerprint density at radius 2 is 1.79 bits per heavy atom. The molecule has 1 unspecified atom stereocenters. The van der Waals surface area contributed by atoms with Gasteiger partial charge in [0.1, 0.15) is 0 Å². The molecular weight excluding hydrogens is 368 g/mol. The summed E-state index contributed by atoms with van der Waals surface area (Å²) in [5, 5.41) is 8.36. The number of amides is 1. The molecule has 5 rings (SSSR count). The van der Waals surface area contributed by atoms with Crippen molar-refractivity contribution in [2.75, 3.05) is 0 Å². The predicted octanol–water partition coefficient (Wildman–Crippen LogP) is 4.68. The van der Waals surface area contributed by atoms with Crippen LogP contribution in [-0.4, -0.2) is 26.6 Å². The first kappa shape index (κ1) is 16.8. The maximum absolute atomic E-state index is 13.2. The molecule has 1 aliphatic rings. The number of benzene rings is 2. The Morgan fingerprint density at radius 1 is 0.964 bits per heavy atom. The first-order valence-corrected chi connectivity index (χ1v) is 9.88. The third-order valence-corrected chi connectivity index (χ3v) is 5.74. The molecule has 0 saturated carbocycles. The predicted molar refractivity (Wildman–Crippen MR) is 110 cm³/mol. The van der Waals surface area contributed by atoms with Crippen molar-refractivity contribution in [2.45, 2.75) is 12.5 Å². The van der Waals surface area contributed by atoms with E-state index in [1.807, 2.05) is 66.0 Å². The minimum absolute atomic E-state index is 0.101. The van der Waals surface area contributed by atoms with Crippen molar-refractivity contribution in [1.82, 2.24) is 15.0 Å². The van der Waals surface area contributed by atoms with E-state index in [2.05, 4.69) is 9.97 Å². The third-order valence-electron chi connectivity index (χ3n) is 4.82. The standard InChI is InChI=1S/C22H16N4OS/c27-22(15-5-2-1-3-6-15)26-20(14-19(25-26)21-7-4-12-28-21)16-8-9-17-18(13-16)24-11-10-23-17/h1-13,20H,14H2. The molecule has 2 aromatic carbocycles. The van der Waals surface area contributed by atoms with E-state index in [0.29, 0.717) is 12.0 Å². The molecule has 2 aromatic heterocycles. The topological polar surface area (TPSA) is 58.5 Å². The van der Waals surface area contributed by atoms with Crippen LogP contribution >= 0.6 is 11.3 Å². The van der Waals surface area contributed by atoms with E-state index in [4.69, 9.17) is 5.10 Å². The van der Waals surface area contributed by atoms with Crippen molar-refractivity contribution < 1.29 is 4.79 Å². The Kier molecular flexibility index (Phi) is 4.18. The monoisotopic (exact) mass is 384 g/mol. The molecule has 0 N–H and O–H groups in total. The van der Waals surface area contributed by atoms with Crippen LogP contribution in [0.25, 0.3) is 11.0 Å². The Morgan fingerprint density at radius 3 is 2.57 bits per heavy atom. The van der Waals surface area contributed by atoms with Crippen molar-refractivity contribution in [1.29, 1.82) is 0 Å². The number of fused-ring (bicyclic) bond motifs is 1. The Balaban J connectivity index is 1.57. The smallest absolute Gasteiger partial charge is 0.267 e. The fourth-order valence-corrected chi connectivity index (χ4v) is 4.17. The van der Waals surface area contributed by atoms with Gasteiger partial charge in [0.25, 0.3) is 5.91 Å². The highest BCUT2D eigenvalue weighted by Crippen LogP contribution is 2.35. The quantitative estimate of drug-likeness (QED) is 0.515. The minimum atomic E-state index is -0.170. The second kappa shape index (κ2) is 6.98. The van der Waals surface area contributed by atoms with Crippen LogP contribution in [0.5, 0.6) is 0 Å². The van der Waals surface area contributed by atoms with Gasteiger partial charge in [0.2, 0.25) is 0 Å².